The Morgan fingerprint density at radius 3 is 2.52 bits per heavy atom. The number of methoxy groups -OCH3 is 1. The summed E-state index contributed by atoms with van der Waals surface area (Å²) in [7, 11) is 1.59. The molecular weight excluding hydrogens is 369 g/mol. The average Bonchev–Trinajstić information content (AvgIpc) is 2.73. The maximum atomic E-state index is 13.3. The van der Waals surface area contributed by atoms with Crippen LogP contribution in [-0.4, -0.2) is 48.6 Å². The molecule has 5 nitrogen and oxygen atoms in total. The van der Waals surface area contributed by atoms with Gasteiger partial charge in [0.2, 0.25) is 0 Å². The fourth-order valence-corrected chi connectivity index (χ4v) is 3.81. The molecule has 0 radical (unpaired) electrons. The number of aryl methyl sites for hydroxylation is 1. The van der Waals surface area contributed by atoms with Crippen LogP contribution in [0.2, 0.25) is 0 Å². The number of hydrogen-bond donors (Lipinski definition) is 1. The zero-order valence-corrected chi connectivity index (χ0v) is 17.5. The third kappa shape index (κ3) is 5.48. The lowest BCUT2D eigenvalue weighted by molar-refractivity contribution is 0.126. The number of piperidine rings is 1. The molecule has 1 aliphatic heterocycles. The molecule has 1 aliphatic rings. The van der Waals surface area contributed by atoms with Gasteiger partial charge in [-0.3, -0.25) is 0 Å². The fourth-order valence-electron chi connectivity index (χ4n) is 3.81. The number of halogens is 1. The summed E-state index contributed by atoms with van der Waals surface area (Å²) >= 11 is 0. The monoisotopic (exact) mass is 399 g/mol. The quantitative estimate of drug-likeness (QED) is 0.768. The van der Waals surface area contributed by atoms with Gasteiger partial charge >= 0.3 is 6.03 Å². The zero-order chi connectivity index (χ0) is 20.8. The predicted molar refractivity (Wildman–Crippen MR) is 114 cm³/mol. The van der Waals surface area contributed by atoms with E-state index in [-0.39, 0.29) is 17.9 Å². The number of nitrogens with one attached hydrogen (secondary N) is 1. The summed E-state index contributed by atoms with van der Waals surface area (Å²) in [5, 5.41) is 3.03. The van der Waals surface area contributed by atoms with Crippen molar-refractivity contribution >= 4 is 11.7 Å². The first-order valence-electron chi connectivity index (χ1n) is 10.2. The molecule has 6 heteroatoms. The standard InChI is InChI=1S/C23H30FN3O2/c1-4-26-13-11-20(12-14-26)27(16-18-6-8-19(24)9-7-18)23(28)25-21-15-17(2)5-10-22(21)29-3/h5-10,15,20H,4,11-14,16H2,1-3H3,(H,25,28). The average molecular weight is 400 g/mol. The summed E-state index contributed by atoms with van der Waals surface area (Å²) in [6, 6.07) is 12.1. The number of likely N-dealkylation sites (tertiary alicyclic amines) is 1. The van der Waals surface area contributed by atoms with Crippen molar-refractivity contribution in [2.24, 2.45) is 0 Å². The molecular formula is C23H30FN3O2. The van der Waals surface area contributed by atoms with Gasteiger partial charge in [-0.2, -0.15) is 0 Å². The number of rotatable bonds is 6. The number of anilines is 1. The van der Waals surface area contributed by atoms with Crippen molar-refractivity contribution in [3.05, 3.63) is 59.4 Å². The van der Waals surface area contributed by atoms with E-state index in [9.17, 15) is 9.18 Å². The van der Waals surface area contributed by atoms with Crippen LogP contribution in [-0.2, 0) is 6.54 Å². The first-order chi connectivity index (χ1) is 14.0. The van der Waals surface area contributed by atoms with Crippen molar-refractivity contribution in [2.45, 2.75) is 39.3 Å². The molecule has 0 atom stereocenters. The van der Waals surface area contributed by atoms with Gasteiger partial charge in [0.25, 0.3) is 0 Å². The number of carbonyl (C=O) groups excluding carboxylic acids is 1. The van der Waals surface area contributed by atoms with Crippen molar-refractivity contribution in [1.29, 1.82) is 0 Å². The van der Waals surface area contributed by atoms with E-state index in [2.05, 4.69) is 17.1 Å². The van der Waals surface area contributed by atoms with Crippen molar-refractivity contribution in [3.63, 3.8) is 0 Å². The minimum atomic E-state index is -0.273. The van der Waals surface area contributed by atoms with Crippen molar-refractivity contribution in [3.8, 4) is 5.75 Å². The summed E-state index contributed by atoms with van der Waals surface area (Å²) in [6.07, 6.45) is 1.85. The highest BCUT2D eigenvalue weighted by atomic mass is 19.1. The van der Waals surface area contributed by atoms with Crippen molar-refractivity contribution in [1.82, 2.24) is 9.80 Å². The Labute approximate surface area is 172 Å². The highest BCUT2D eigenvalue weighted by molar-refractivity contribution is 5.91. The lowest BCUT2D eigenvalue weighted by Crippen LogP contribution is -2.48. The van der Waals surface area contributed by atoms with Crippen molar-refractivity contribution < 1.29 is 13.9 Å². The number of hydrogen-bond acceptors (Lipinski definition) is 3. The number of benzene rings is 2. The Balaban J connectivity index is 1.80. The number of ether oxygens (including phenoxy) is 1. The van der Waals surface area contributed by atoms with Crippen LogP contribution in [0.3, 0.4) is 0 Å². The third-order valence-corrected chi connectivity index (χ3v) is 5.57. The molecule has 29 heavy (non-hydrogen) atoms. The Hall–Kier alpha value is -2.60. The Kier molecular flexibility index (Phi) is 7.09. The summed E-state index contributed by atoms with van der Waals surface area (Å²) in [5.41, 5.74) is 2.62. The van der Waals surface area contributed by atoms with Crippen LogP contribution in [0.25, 0.3) is 0 Å². The molecule has 1 heterocycles. The molecule has 1 saturated heterocycles. The van der Waals surface area contributed by atoms with Crippen LogP contribution >= 0.6 is 0 Å². The first-order valence-corrected chi connectivity index (χ1v) is 10.2. The maximum Gasteiger partial charge on any atom is 0.322 e. The van der Waals surface area contributed by atoms with E-state index in [1.807, 2.05) is 30.0 Å². The molecule has 2 aromatic rings. The van der Waals surface area contributed by atoms with Gasteiger partial charge in [0.15, 0.2) is 0 Å². The van der Waals surface area contributed by atoms with Crippen LogP contribution in [0.5, 0.6) is 5.75 Å². The maximum absolute atomic E-state index is 13.3. The molecule has 0 aromatic heterocycles. The summed E-state index contributed by atoms with van der Waals surface area (Å²) in [6.45, 7) is 7.55. The van der Waals surface area contributed by atoms with Gasteiger partial charge in [0, 0.05) is 25.7 Å². The molecule has 2 aromatic carbocycles. The van der Waals surface area contributed by atoms with Gasteiger partial charge in [0.1, 0.15) is 11.6 Å². The summed E-state index contributed by atoms with van der Waals surface area (Å²) < 4.78 is 18.7. The molecule has 0 bridgehead atoms. The van der Waals surface area contributed by atoms with Gasteiger partial charge in [-0.25, -0.2) is 9.18 Å². The minimum Gasteiger partial charge on any atom is -0.495 e. The molecule has 0 unspecified atom stereocenters. The second kappa shape index (κ2) is 9.74. The molecule has 1 fully saturated rings. The second-order valence-electron chi connectivity index (χ2n) is 7.55. The second-order valence-corrected chi connectivity index (χ2v) is 7.55. The lowest BCUT2D eigenvalue weighted by atomic mass is 10.0. The van der Waals surface area contributed by atoms with E-state index >= 15 is 0 Å². The van der Waals surface area contributed by atoms with E-state index in [1.165, 1.54) is 12.1 Å². The SMILES string of the molecule is CCN1CCC(N(Cc2ccc(F)cc2)C(=O)Nc2cc(C)ccc2OC)CC1. The lowest BCUT2D eigenvalue weighted by Gasteiger charge is -2.38. The molecule has 3 rings (SSSR count). The topological polar surface area (TPSA) is 44.8 Å². The number of carbonyl (C=O) groups is 1. The Morgan fingerprint density at radius 2 is 1.90 bits per heavy atom. The van der Waals surface area contributed by atoms with Gasteiger partial charge in [-0.05, 0) is 61.7 Å². The summed E-state index contributed by atoms with van der Waals surface area (Å²) in [5.74, 6) is 0.358. The Bertz CT molecular complexity index is 817. The van der Waals surface area contributed by atoms with Gasteiger partial charge in [-0.1, -0.05) is 25.1 Å². The third-order valence-electron chi connectivity index (χ3n) is 5.57. The van der Waals surface area contributed by atoms with E-state index in [1.54, 1.807) is 19.2 Å². The molecule has 0 saturated carbocycles. The predicted octanol–water partition coefficient (Wildman–Crippen LogP) is 4.66. The van der Waals surface area contributed by atoms with Crippen LogP contribution in [0.1, 0.15) is 30.9 Å². The summed E-state index contributed by atoms with van der Waals surface area (Å²) in [4.78, 5) is 17.6. The molecule has 156 valence electrons. The fraction of sp³-hybridized carbons (Fsp3) is 0.435. The number of amides is 2. The molecule has 0 aliphatic carbocycles. The van der Waals surface area contributed by atoms with E-state index < -0.39 is 0 Å². The zero-order valence-electron chi connectivity index (χ0n) is 17.5. The van der Waals surface area contributed by atoms with Crippen LogP contribution < -0.4 is 10.1 Å². The van der Waals surface area contributed by atoms with E-state index in [0.717, 1.165) is 43.6 Å². The molecule has 0 spiro atoms. The van der Waals surface area contributed by atoms with E-state index in [0.29, 0.717) is 18.0 Å². The first kappa shape index (κ1) is 21.1. The van der Waals surface area contributed by atoms with Crippen LogP contribution in [0.15, 0.2) is 42.5 Å². The smallest absolute Gasteiger partial charge is 0.322 e. The normalized spacial score (nSPS) is 15.2. The molecule has 2 amide bonds. The van der Waals surface area contributed by atoms with Gasteiger partial charge in [0.05, 0.1) is 12.8 Å². The highest BCUT2D eigenvalue weighted by Crippen LogP contribution is 2.27. The van der Waals surface area contributed by atoms with E-state index in [4.69, 9.17) is 4.74 Å². The van der Waals surface area contributed by atoms with Gasteiger partial charge in [-0.15, -0.1) is 0 Å². The highest BCUT2D eigenvalue weighted by Gasteiger charge is 2.28. The van der Waals surface area contributed by atoms with Gasteiger partial charge < -0.3 is 19.9 Å². The number of nitrogens with zero attached hydrogens (tertiary/aromatic N) is 2. The largest absolute Gasteiger partial charge is 0.495 e. The number of urea groups is 1. The minimum absolute atomic E-state index is 0.138. The van der Waals surface area contributed by atoms with Crippen molar-refractivity contribution in [2.75, 3.05) is 32.1 Å². The molecule has 1 N–H and O–H groups in total. The van der Waals surface area contributed by atoms with Crippen LogP contribution in [0.4, 0.5) is 14.9 Å². The Morgan fingerprint density at radius 1 is 1.21 bits per heavy atom. The van der Waals surface area contributed by atoms with Crippen LogP contribution in [0, 0.1) is 12.7 Å².